The second-order valence-corrected chi connectivity index (χ2v) is 4.32. The maximum atomic E-state index is 11.6. The van der Waals surface area contributed by atoms with Crippen LogP contribution in [0.1, 0.15) is 26.3 Å². The molecule has 1 aromatic rings. The number of esters is 2. The molecule has 0 spiro atoms. The second-order valence-electron chi connectivity index (χ2n) is 4.32. The van der Waals surface area contributed by atoms with Gasteiger partial charge in [-0.1, -0.05) is 11.8 Å². The van der Waals surface area contributed by atoms with Crippen LogP contribution in [0.2, 0.25) is 0 Å². The van der Waals surface area contributed by atoms with Gasteiger partial charge in [-0.15, -0.1) is 0 Å². The van der Waals surface area contributed by atoms with Gasteiger partial charge in [-0.05, 0) is 32.3 Å². The van der Waals surface area contributed by atoms with Crippen molar-refractivity contribution in [3.63, 3.8) is 0 Å². The fourth-order valence-corrected chi connectivity index (χ4v) is 1.47. The maximum Gasteiger partial charge on any atom is 0.337 e. The monoisotopic (exact) mass is 275 g/mol. The molecule has 0 saturated heterocycles. The third-order valence-electron chi connectivity index (χ3n) is 2.40. The van der Waals surface area contributed by atoms with Crippen LogP contribution in [0, 0.1) is 11.8 Å². The first-order chi connectivity index (χ1) is 9.47. The Morgan fingerprint density at radius 2 is 1.55 bits per heavy atom. The number of nitrogens with zero attached hydrogens (tertiary/aromatic N) is 1. The quantitative estimate of drug-likeness (QED) is 0.612. The predicted molar refractivity (Wildman–Crippen MR) is 74.6 cm³/mol. The van der Waals surface area contributed by atoms with E-state index >= 15 is 0 Å². The Bertz CT molecular complexity index is 533. The Balaban J connectivity index is 3.18. The van der Waals surface area contributed by atoms with Gasteiger partial charge in [0.1, 0.15) is 0 Å². The van der Waals surface area contributed by atoms with Gasteiger partial charge in [0.25, 0.3) is 0 Å². The van der Waals surface area contributed by atoms with Gasteiger partial charge < -0.3 is 9.47 Å². The van der Waals surface area contributed by atoms with Gasteiger partial charge in [-0.2, -0.15) is 0 Å². The molecule has 20 heavy (non-hydrogen) atoms. The third kappa shape index (κ3) is 4.41. The molecular weight excluding hydrogens is 258 g/mol. The zero-order valence-electron chi connectivity index (χ0n) is 12.0. The lowest BCUT2D eigenvalue weighted by molar-refractivity contribution is 0.0599. The first-order valence-corrected chi connectivity index (χ1v) is 5.93. The summed E-state index contributed by atoms with van der Waals surface area (Å²) in [4.78, 5) is 25.1. The SMILES string of the molecule is COC(=O)c1cc(C#CCN(C)C)cc(C(=O)OC)c1. The highest BCUT2D eigenvalue weighted by Gasteiger charge is 2.12. The van der Waals surface area contributed by atoms with E-state index < -0.39 is 11.9 Å². The van der Waals surface area contributed by atoms with Gasteiger partial charge in [0.05, 0.1) is 31.9 Å². The summed E-state index contributed by atoms with van der Waals surface area (Å²) >= 11 is 0. The predicted octanol–water partition coefficient (Wildman–Crippen LogP) is 1.17. The van der Waals surface area contributed by atoms with Crippen molar-refractivity contribution >= 4 is 11.9 Å². The number of hydrogen-bond acceptors (Lipinski definition) is 5. The molecule has 5 heteroatoms. The van der Waals surface area contributed by atoms with Crippen LogP contribution in [0.3, 0.4) is 0 Å². The van der Waals surface area contributed by atoms with Crippen LogP contribution >= 0.6 is 0 Å². The Kier molecular flexibility index (Phi) is 5.75. The van der Waals surface area contributed by atoms with Crippen LogP contribution in [-0.4, -0.2) is 51.7 Å². The highest BCUT2D eigenvalue weighted by Crippen LogP contribution is 2.12. The molecule has 0 unspecified atom stereocenters. The zero-order valence-corrected chi connectivity index (χ0v) is 12.0. The Hall–Kier alpha value is -2.32. The van der Waals surface area contributed by atoms with E-state index in [1.165, 1.54) is 20.3 Å². The molecule has 0 aromatic heterocycles. The van der Waals surface area contributed by atoms with Gasteiger partial charge in [0.2, 0.25) is 0 Å². The lowest BCUT2D eigenvalue weighted by Gasteiger charge is -2.05. The lowest BCUT2D eigenvalue weighted by Crippen LogP contribution is -2.11. The molecule has 0 fully saturated rings. The van der Waals surface area contributed by atoms with E-state index in [1.54, 1.807) is 12.1 Å². The number of carbonyl (C=O) groups excluding carboxylic acids is 2. The number of methoxy groups -OCH3 is 2. The van der Waals surface area contributed by atoms with E-state index in [1.807, 2.05) is 19.0 Å². The molecule has 106 valence electrons. The average Bonchev–Trinajstić information content (AvgIpc) is 2.44. The van der Waals surface area contributed by atoms with Crippen LogP contribution in [0.5, 0.6) is 0 Å². The summed E-state index contributed by atoms with van der Waals surface area (Å²) in [5.74, 6) is 4.80. The minimum absolute atomic E-state index is 0.268. The number of benzene rings is 1. The first-order valence-electron chi connectivity index (χ1n) is 5.93. The summed E-state index contributed by atoms with van der Waals surface area (Å²) in [7, 11) is 6.37. The molecule has 0 aliphatic rings. The first kappa shape index (κ1) is 15.7. The Labute approximate surface area is 118 Å². The summed E-state index contributed by atoms with van der Waals surface area (Å²) < 4.78 is 9.31. The highest BCUT2D eigenvalue weighted by atomic mass is 16.5. The summed E-state index contributed by atoms with van der Waals surface area (Å²) in [6.07, 6.45) is 0. The summed E-state index contributed by atoms with van der Waals surface area (Å²) in [6.45, 7) is 0.579. The van der Waals surface area contributed by atoms with E-state index in [0.717, 1.165) is 0 Å². The fraction of sp³-hybridized carbons (Fsp3) is 0.333. The maximum absolute atomic E-state index is 11.6. The lowest BCUT2D eigenvalue weighted by atomic mass is 10.1. The molecule has 0 bridgehead atoms. The van der Waals surface area contributed by atoms with Gasteiger partial charge in [-0.25, -0.2) is 9.59 Å². The summed E-state index contributed by atoms with van der Waals surface area (Å²) in [5, 5.41) is 0. The smallest absolute Gasteiger partial charge is 0.337 e. The van der Waals surface area contributed by atoms with Crippen molar-refractivity contribution in [3.05, 3.63) is 34.9 Å². The highest BCUT2D eigenvalue weighted by molar-refractivity contribution is 5.95. The average molecular weight is 275 g/mol. The van der Waals surface area contributed by atoms with Gasteiger partial charge in [0, 0.05) is 5.56 Å². The van der Waals surface area contributed by atoms with Crippen molar-refractivity contribution in [2.24, 2.45) is 0 Å². The normalized spacial score (nSPS) is 9.65. The zero-order chi connectivity index (χ0) is 15.1. The van der Waals surface area contributed by atoms with Gasteiger partial charge in [0.15, 0.2) is 0 Å². The molecule has 1 aromatic carbocycles. The van der Waals surface area contributed by atoms with Crippen LogP contribution in [-0.2, 0) is 9.47 Å². The standard InChI is InChI=1S/C15H17NO4/c1-16(2)7-5-6-11-8-12(14(17)19-3)10-13(9-11)15(18)20-4/h8-10H,7H2,1-4H3. The molecular formula is C15H17NO4. The van der Waals surface area contributed by atoms with Crippen molar-refractivity contribution < 1.29 is 19.1 Å². The molecule has 0 saturated carbocycles. The molecule has 0 aliphatic carbocycles. The van der Waals surface area contributed by atoms with Crippen LogP contribution in [0.15, 0.2) is 18.2 Å². The molecule has 1 rings (SSSR count). The molecule has 0 radical (unpaired) electrons. The Morgan fingerprint density at radius 1 is 1.05 bits per heavy atom. The van der Waals surface area contributed by atoms with E-state index in [9.17, 15) is 9.59 Å². The van der Waals surface area contributed by atoms with Crippen LogP contribution < -0.4 is 0 Å². The van der Waals surface area contributed by atoms with E-state index in [2.05, 4.69) is 21.3 Å². The molecule has 5 nitrogen and oxygen atoms in total. The van der Waals surface area contributed by atoms with Crippen molar-refractivity contribution in [1.82, 2.24) is 4.90 Å². The largest absolute Gasteiger partial charge is 0.465 e. The topological polar surface area (TPSA) is 55.8 Å². The van der Waals surface area contributed by atoms with E-state index in [0.29, 0.717) is 12.1 Å². The molecule has 0 heterocycles. The van der Waals surface area contributed by atoms with E-state index in [-0.39, 0.29) is 11.1 Å². The molecule has 0 atom stereocenters. The summed E-state index contributed by atoms with van der Waals surface area (Å²) in [5.41, 5.74) is 1.10. The minimum Gasteiger partial charge on any atom is -0.465 e. The number of carbonyl (C=O) groups is 2. The minimum atomic E-state index is -0.522. The number of ether oxygens (including phenoxy) is 2. The van der Waals surface area contributed by atoms with Crippen molar-refractivity contribution in [1.29, 1.82) is 0 Å². The molecule has 0 amide bonds. The van der Waals surface area contributed by atoms with E-state index in [4.69, 9.17) is 0 Å². The molecule has 0 aliphatic heterocycles. The van der Waals surface area contributed by atoms with Gasteiger partial charge in [-0.3, -0.25) is 4.90 Å². The van der Waals surface area contributed by atoms with Crippen molar-refractivity contribution in [2.45, 2.75) is 0 Å². The van der Waals surface area contributed by atoms with Crippen molar-refractivity contribution in [2.75, 3.05) is 34.9 Å². The summed E-state index contributed by atoms with van der Waals surface area (Å²) in [6, 6.07) is 4.59. The Morgan fingerprint density at radius 3 is 1.95 bits per heavy atom. The third-order valence-corrected chi connectivity index (χ3v) is 2.40. The fourth-order valence-electron chi connectivity index (χ4n) is 1.47. The van der Waals surface area contributed by atoms with Crippen molar-refractivity contribution in [3.8, 4) is 11.8 Å². The van der Waals surface area contributed by atoms with Gasteiger partial charge >= 0.3 is 11.9 Å². The number of hydrogen-bond donors (Lipinski definition) is 0. The van der Waals surface area contributed by atoms with Crippen LogP contribution in [0.4, 0.5) is 0 Å². The van der Waals surface area contributed by atoms with Crippen LogP contribution in [0.25, 0.3) is 0 Å². The second kappa shape index (κ2) is 7.31. The number of rotatable bonds is 3. The molecule has 0 N–H and O–H groups in total.